The molecule has 0 aliphatic rings. The maximum atomic E-state index is 6.06. The minimum Gasteiger partial charge on any atom is -0.379 e. The highest BCUT2D eigenvalue weighted by Crippen LogP contribution is 2.06. The average molecular weight is 421 g/mol. The summed E-state index contributed by atoms with van der Waals surface area (Å²) in [6.07, 6.45) is 6.10. The number of ether oxygens (including phenoxy) is 6. The highest BCUT2D eigenvalue weighted by Gasteiger charge is 2.16. The van der Waals surface area contributed by atoms with Gasteiger partial charge >= 0.3 is 0 Å². The Labute approximate surface area is 179 Å². The molecule has 0 N–H and O–H groups in total. The fourth-order valence-electron chi connectivity index (χ4n) is 2.54. The van der Waals surface area contributed by atoms with Crippen molar-refractivity contribution in [2.24, 2.45) is 0 Å². The van der Waals surface area contributed by atoms with Gasteiger partial charge in [-0.25, -0.2) is 0 Å². The first kappa shape index (κ1) is 28.8. The Bertz CT molecular complexity index is 316. The number of rotatable bonds is 23. The van der Waals surface area contributed by atoms with Gasteiger partial charge in [0.05, 0.1) is 39.1 Å². The molecule has 0 aliphatic heterocycles. The molecule has 0 saturated carbocycles. The summed E-state index contributed by atoms with van der Waals surface area (Å²) < 4.78 is 35.0. The van der Waals surface area contributed by atoms with Crippen molar-refractivity contribution in [2.45, 2.75) is 91.5 Å². The Balaban J connectivity index is 4.22. The van der Waals surface area contributed by atoms with E-state index in [0.29, 0.717) is 33.0 Å². The monoisotopic (exact) mass is 420 g/mol. The maximum Gasteiger partial charge on any atom is 0.104 e. The number of unbranched alkanes of at least 4 members (excludes halogenated alkanes) is 1. The van der Waals surface area contributed by atoms with Gasteiger partial charge in [-0.15, -0.1) is 0 Å². The van der Waals surface area contributed by atoms with E-state index in [2.05, 4.69) is 34.6 Å². The van der Waals surface area contributed by atoms with Crippen LogP contribution in [-0.2, 0) is 28.4 Å². The van der Waals surface area contributed by atoms with Crippen molar-refractivity contribution in [3.8, 4) is 0 Å². The largest absolute Gasteiger partial charge is 0.379 e. The topological polar surface area (TPSA) is 55.4 Å². The average Bonchev–Trinajstić information content (AvgIpc) is 2.74. The van der Waals surface area contributed by atoms with Crippen LogP contribution >= 0.6 is 0 Å². The van der Waals surface area contributed by atoms with Crippen LogP contribution in [0.4, 0.5) is 0 Å². The Morgan fingerprint density at radius 2 is 0.966 bits per heavy atom. The van der Waals surface area contributed by atoms with Crippen LogP contribution in [0.25, 0.3) is 0 Å². The zero-order valence-corrected chi connectivity index (χ0v) is 19.8. The van der Waals surface area contributed by atoms with Crippen LogP contribution in [-0.4, -0.2) is 77.8 Å². The minimum absolute atomic E-state index is 0.0209. The first-order valence-corrected chi connectivity index (χ1v) is 11.8. The molecule has 0 bridgehead atoms. The lowest BCUT2D eigenvalue weighted by atomic mass is 10.3. The van der Waals surface area contributed by atoms with E-state index in [4.69, 9.17) is 28.4 Å². The van der Waals surface area contributed by atoms with Crippen LogP contribution in [0.5, 0.6) is 0 Å². The molecule has 0 aromatic heterocycles. The molecule has 0 radical (unpaired) electrons. The zero-order valence-electron chi connectivity index (χ0n) is 19.8. The van der Waals surface area contributed by atoms with Gasteiger partial charge in [0.25, 0.3) is 0 Å². The van der Waals surface area contributed by atoms with Crippen molar-refractivity contribution in [1.29, 1.82) is 0 Å². The molecule has 0 rings (SSSR count). The normalized spacial score (nSPS) is 14.8. The van der Waals surface area contributed by atoms with E-state index >= 15 is 0 Å². The summed E-state index contributed by atoms with van der Waals surface area (Å²) in [6, 6.07) is 0. The van der Waals surface area contributed by atoms with Gasteiger partial charge in [-0.1, -0.05) is 41.0 Å². The molecule has 29 heavy (non-hydrogen) atoms. The Hall–Kier alpha value is -0.240. The van der Waals surface area contributed by atoms with Crippen LogP contribution in [0.3, 0.4) is 0 Å². The predicted molar refractivity (Wildman–Crippen MR) is 118 cm³/mol. The Kier molecular flexibility index (Phi) is 22.3. The Morgan fingerprint density at radius 1 is 0.448 bits per heavy atom. The van der Waals surface area contributed by atoms with Crippen molar-refractivity contribution in [2.75, 3.05) is 59.5 Å². The fraction of sp³-hybridized carbons (Fsp3) is 1.00. The highest BCUT2D eigenvalue weighted by molar-refractivity contribution is 4.62. The van der Waals surface area contributed by atoms with Gasteiger partial charge < -0.3 is 28.4 Å². The summed E-state index contributed by atoms with van der Waals surface area (Å²) in [5, 5.41) is 0. The van der Waals surface area contributed by atoms with Gasteiger partial charge in [0.15, 0.2) is 0 Å². The van der Waals surface area contributed by atoms with Gasteiger partial charge in [-0.05, 0) is 32.1 Å². The van der Waals surface area contributed by atoms with Gasteiger partial charge in [0.2, 0.25) is 0 Å². The first-order valence-electron chi connectivity index (χ1n) is 11.8. The molecule has 6 nitrogen and oxygen atoms in total. The molecule has 6 heteroatoms. The van der Waals surface area contributed by atoms with E-state index < -0.39 is 0 Å². The Morgan fingerprint density at radius 3 is 1.52 bits per heavy atom. The van der Waals surface area contributed by atoms with Crippen LogP contribution in [0, 0.1) is 0 Å². The van der Waals surface area contributed by atoms with Gasteiger partial charge in [0, 0.05) is 26.4 Å². The lowest BCUT2D eigenvalue weighted by molar-refractivity contribution is -0.106. The third-order valence-corrected chi connectivity index (χ3v) is 4.29. The van der Waals surface area contributed by atoms with Crippen molar-refractivity contribution in [1.82, 2.24) is 0 Å². The summed E-state index contributed by atoms with van der Waals surface area (Å²) in [5.41, 5.74) is 0. The lowest BCUT2D eigenvalue weighted by Crippen LogP contribution is -2.32. The van der Waals surface area contributed by atoms with E-state index in [-0.39, 0.29) is 18.3 Å². The standard InChI is InChI=1S/C23H48O6/c1-6-11-15-25-17-22(27-13-8-3)19-26-16-21(10-5)29-20-23(28-14-9-4)18-24-12-7-2/h21-23H,6-20H2,1-5H3. The van der Waals surface area contributed by atoms with Crippen LogP contribution in [0.2, 0.25) is 0 Å². The van der Waals surface area contributed by atoms with Crippen LogP contribution < -0.4 is 0 Å². The quantitative estimate of drug-likeness (QED) is 0.225. The van der Waals surface area contributed by atoms with E-state index in [1.54, 1.807) is 0 Å². The number of hydrogen-bond donors (Lipinski definition) is 0. The third kappa shape index (κ3) is 18.3. The van der Waals surface area contributed by atoms with E-state index in [1.165, 1.54) is 0 Å². The predicted octanol–water partition coefficient (Wildman–Crippen LogP) is 4.63. The van der Waals surface area contributed by atoms with Crippen molar-refractivity contribution in [3.05, 3.63) is 0 Å². The minimum atomic E-state index is -0.0249. The molecule has 0 fully saturated rings. The van der Waals surface area contributed by atoms with E-state index in [0.717, 1.165) is 65.0 Å². The fourth-order valence-corrected chi connectivity index (χ4v) is 2.54. The van der Waals surface area contributed by atoms with Crippen LogP contribution in [0.15, 0.2) is 0 Å². The second-order valence-corrected chi connectivity index (χ2v) is 7.39. The molecule has 0 heterocycles. The summed E-state index contributed by atoms with van der Waals surface area (Å²) in [6.45, 7) is 16.4. The summed E-state index contributed by atoms with van der Waals surface area (Å²) >= 11 is 0. The van der Waals surface area contributed by atoms with Crippen molar-refractivity contribution < 1.29 is 28.4 Å². The molecule has 3 unspecified atom stereocenters. The molecule has 0 spiro atoms. The summed E-state index contributed by atoms with van der Waals surface area (Å²) in [7, 11) is 0. The van der Waals surface area contributed by atoms with Crippen molar-refractivity contribution in [3.63, 3.8) is 0 Å². The lowest BCUT2D eigenvalue weighted by Gasteiger charge is -2.23. The first-order chi connectivity index (χ1) is 14.2. The SMILES string of the molecule is CCCCOCC(COCC(CC)OCC(COCCC)OCCC)OCCC. The maximum absolute atomic E-state index is 6.06. The van der Waals surface area contributed by atoms with Crippen LogP contribution in [0.1, 0.15) is 73.1 Å². The molecule has 3 atom stereocenters. The van der Waals surface area contributed by atoms with Crippen molar-refractivity contribution >= 4 is 0 Å². The zero-order chi connectivity index (χ0) is 21.6. The molecule has 0 aliphatic carbocycles. The molecule has 0 saturated heterocycles. The van der Waals surface area contributed by atoms with E-state index in [9.17, 15) is 0 Å². The summed E-state index contributed by atoms with van der Waals surface area (Å²) in [4.78, 5) is 0. The molecule has 176 valence electrons. The second kappa shape index (κ2) is 22.4. The molecular weight excluding hydrogens is 372 g/mol. The van der Waals surface area contributed by atoms with E-state index in [1.807, 2.05) is 0 Å². The number of hydrogen-bond acceptors (Lipinski definition) is 6. The second-order valence-electron chi connectivity index (χ2n) is 7.39. The third-order valence-electron chi connectivity index (χ3n) is 4.29. The van der Waals surface area contributed by atoms with Gasteiger partial charge in [-0.2, -0.15) is 0 Å². The van der Waals surface area contributed by atoms with Gasteiger partial charge in [-0.3, -0.25) is 0 Å². The van der Waals surface area contributed by atoms with Gasteiger partial charge in [0.1, 0.15) is 12.2 Å². The summed E-state index contributed by atoms with van der Waals surface area (Å²) in [5.74, 6) is 0. The molecule has 0 aromatic rings. The molecule has 0 aromatic carbocycles. The molecular formula is C23H48O6. The highest BCUT2D eigenvalue weighted by atomic mass is 16.6. The smallest absolute Gasteiger partial charge is 0.104 e. The molecule has 0 amide bonds.